The van der Waals surface area contributed by atoms with Gasteiger partial charge in [0, 0.05) is 17.8 Å². The fourth-order valence-electron chi connectivity index (χ4n) is 2.76. The van der Waals surface area contributed by atoms with Crippen molar-refractivity contribution < 1.29 is 4.74 Å². The minimum atomic E-state index is -0.0783. The molecule has 0 saturated heterocycles. The van der Waals surface area contributed by atoms with Gasteiger partial charge in [-0.1, -0.05) is 13.8 Å². The SMILES string of the molecule is CCOc1cncc(C(N)C(CC)(CC)N(C)C)c1. The van der Waals surface area contributed by atoms with Crippen LogP contribution in [0.2, 0.25) is 0 Å². The van der Waals surface area contributed by atoms with Crippen molar-refractivity contribution in [2.24, 2.45) is 5.73 Å². The van der Waals surface area contributed by atoms with Crippen molar-refractivity contribution in [2.45, 2.75) is 45.2 Å². The number of hydrogen-bond donors (Lipinski definition) is 1. The Kier molecular flexibility index (Phi) is 5.76. The van der Waals surface area contributed by atoms with Gasteiger partial charge in [0.05, 0.1) is 12.8 Å². The maximum Gasteiger partial charge on any atom is 0.137 e. The second kappa shape index (κ2) is 6.87. The summed E-state index contributed by atoms with van der Waals surface area (Å²) < 4.78 is 5.51. The maximum absolute atomic E-state index is 6.52. The summed E-state index contributed by atoms with van der Waals surface area (Å²) in [4.78, 5) is 6.47. The third-order valence-corrected chi connectivity index (χ3v) is 4.10. The number of nitrogens with two attached hydrogens (primary N) is 1. The fraction of sp³-hybridized carbons (Fsp3) is 0.667. The molecule has 0 bridgehead atoms. The molecule has 2 N–H and O–H groups in total. The predicted octanol–water partition coefficient (Wildman–Crippen LogP) is 2.60. The van der Waals surface area contributed by atoms with E-state index in [2.05, 4.69) is 37.8 Å². The lowest BCUT2D eigenvalue weighted by molar-refractivity contribution is 0.105. The van der Waals surface area contributed by atoms with Crippen LogP contribution in [0.4, 0.5) is 0 Å². The molecule has 0 spiro atoms. The molecule has 108 valence electrons. The molecule has 19 heavy (non-hydrogen) atoms. The highest BCUT2D eigenvalue weighted by Gasteiger charge is 2.36. The Morgan fingerprint density at radius 2 is 1.89 bits per heavy atom. The number of pyridine rings is 1. The summed E-state index contributed by atoms with van der Waals surface area (Å²) in [6, 6.07) is 1.93. The zero-order chi connectivity index (χ0) is 14.5. The number of likely N-dealkylation sites (N-methyl/N-ethyl adjacent to an activating group) is 1. The van der Waals surface area contributed by atoms with Crippen LogP contribution in [0.1, 0.15) is 45.2 Å². The van der Waals surface area contributed by atoms with Gasteiger partial charge in [-0.25, -0.2) is 0 Å². The van der Waals surface area contributed by atoms with E-state index in [9.17, 15) is 0 Å². The lowest BCUT2D eigenvalue weighted by Gasteiger charge is -2.43. The molecule has 4 nitrogen and oxygen atoms in total. The van der Waals surface area contributed by atoms with E-state index in [1.165, 1.54) is 0 Å². The molecule has 0 aliphatic rings. The van der Waals surface area contributed by atoms with Gasteiger partial charge < -0.3 is 15.4 Å². The summed E-state index contributed by atoms with van der Waals surface area (Å²) in [6.07, 6.45) is 5.57. The molecule has 1 aromatic heterocycles. The minimum Gasteiger partial charge on any atom is -0.492 e. The van der Waals surface area contributed by atoms with Gasteiger partial charge in [-0.2, -0.15) is 0 Å². The Hall–Kier alpha value is -1.13. The van der Waals surface area contributed by atoms with E-state index in [1.807, 2.05) is 19.2 Å². The molecule has 0 aromatic carbocycles. The first-order valence-corrected chi connectivity index (χ1v) is 7.02. The van der Waals surface area contributed by atoms with Gasteiger partial charge in [0.25, 0.3) is 0 Å². The molecule has 1 heterocycles. The van der Waals surface area contributed by atoms with Gasteiger partial charge in [0.1, 0.15) is 5.75 Å². The molecular weight excluding hydrogens is 238 g/mol. The van der Waals surface area contributed by atoms with Crippen molar-refractivity contribution in [2.75, 3.05) is 20.7 Å². The van der Waals surface area contributed by atoms with E-state index in [1.54, 1.807) is 6.20 Å². The number of ether oxygens (including phenoxy) is 1. The zero-order valence-electron chi connectivity index (χ0n) is 12.8. The van der Waals surface area contributed by atoms with E-state index >= 15 is 0 Å². The smallest absolute Gasteiger partial charge is 0.137 e. The molecule has 1 unspecified atom stereocenters. The molecule has 0 aliphatic carbocycles. The molecule has 1 atom stereocenters. The average Bonchev–Trinajstić information content (AvgIpc) is 2.41. The summed E-state index contributed by atoms with van der Waals surface area (Å²) in [5, 5.41) is 0. The summed E-state index contributed by atoms with van der Waals surface area (Å²) >= 11 is 0. The third-order valence-electron chi connectivity index (χ3n) is 4.10. The highest BCUT2D eigenvalue weighted by Crippen LogP contribution is 2.34. The van der Waals surface area contributed by atoms with E-state index in [0.29, 0.717) is 6.61 Å². The quantitative estimate of drug-likeness (QED) is 0.823. The highest BCUT2D eigenvalue weighted by molar-refractivity contribution is 5.28. The van der Waals surface area contributed by atoms with Crippen LogP contribution in [-0.2, 0) is 0 Å². The maximum atomic E-state index is 6.52. The van der Waals surface area contributed by atoms with Crippen LogP contribution in [0.15, 0.2) is 18.5 Å². The number of hydrogen-bond acceptors (Lipinski definition) is 4. The van der Waals surface area contributed by atoms with Crippen molar-refractivity contribution >= 4 is 0 Å². The Morgan fingerprint density at radius 3 is 2.37 bits per heavy atom. The van der Waals surface area contributed by atoms with E-state index in [0.717, 1.165) is 24.2 Å². The Labute approximate surface area is 117 Å². The van der Waals surface area contributed by atoms with E-state index in [-0.39, 0.29) is 11.6 Å². The van der Waals surface area contributed by atoms with Gasteiger partial charge in [-0.3, -0.25) is 4.98 Å². The van der Waals surface area contributed by atoms with Gasteiger partial charge in [0.15, 0.2) is 0 Å². The topological polar surface area (TPSA) is 51.4 Å². The average molecular weight is 265 g/mol. The van der Waals surface area contributed by atoms with E-state index in [4.69, 9.17) is 10.5 Å². The van der Waals surface area contributed by atoms with E-state index < -0.39 is 0 Å². The van der Waals surface area contributed by atoms with Crippen LogP contribution >= 0.6 is 0 Å². The Morgan fingerprint density at radius 1 is 1.26 bits per heavy atom. The van der Waals surface area contributed by atoms with Crippen LogP contribution in [0.5, 0.6) is 5.75 Å². The molecule has 4 heteroatoms. The molecule has 0 radical (unpaired) electrons. The largest absolute Gasteiger partial charge is 0.492 e. The van der Waals surface area contributed by atoms with Crippen LogP contribution in [0, 0.1) is 0 Å². The van der Waals surface area contributed by atoms with Crippen LogP contribution in [0.3, 0.4) is 0 Å². The van der Waals surface area contributed by atoms with Gasteiger partial charge in [0.2, 0.25) is 0 Å². The number of aromatic nitrogens is 1. The highest BCUT2D eigenvalue weighted by atomic mass is 16.5. The second-order valence-electron chi connectivity index (χ2n) is 5.07. The van der Waals surface area contributed by atoms with Crippen LogP contribution in [0.25, 0.3) is 0 Å². The normalized spacial score (nSPS) is 13.6. The summed E-state index contributed by atoms with van der Waals surface area (Å²) in [7, 11) is 4.18. The molecule has 1 aromatic rings. The first-order chi connectivity index (χ1) is 9.01. The van der Waals surface area contributed by atoms with Gasteiger partial charge >= 0.3 is 0 Å². The molecule has 0 fully saturated rings. The second-order valence-corrected chi connectivity index (χ2v) is 5.07. The first-order valence-electron chi connectivity index (χ1n) is 7.02. The Bertz CT molecular complexity index is 389. The Balaban J connectivity index is 3.09. The van der Waals surface area contributed by atoms with Crippen molar-refractivity contribution in [3.63, 3.8) is 0 Å². The molecule has 0 amide bonds. The summed E-state index contributed by atoms with van der Waals surface area (Å²) in [6.45, 7) is 6.97. The van der Waals surface area contributed by atoms with Crippen LogP contribution < -0.4 is 10.5 Å². The summed E-state index contributed by atoms with van der Waals surface area (Å²) in [5.41, 5.74) is 7.51. The molecule has 0 saturated carbocycles. The fourth-order valence-corrected chi connectivity index (χ4v) is 2.76. The van der Waals surface area contributed by atoms with Crippen LogP contribution in [-0.4, -0.2) is 36.1 Å². The zero-order valence-corrected chi connectivity index (χ0v) is 12.8. The lowest BCUT2D eigenvalue weighted by Crippen LogP contribution is -2.51. The van der Waals surface area contributed by atoms with Gasteiger partial charge in [-0.15, -0.1) is 0 Å². The molecule has 1 rings (SSSR count). The molecule has 0 aliphatic heterocycles. The van der Waals surface area contributed by atoms with Gasteiger partial charge in [-0.05, 0) is 45.5 Å². The van der Waals surface area contributed by atoms with Crippen molar-refractivity contribution in [3.05, 3.63) is 24.0 Å². The third kappa shape index (κ3) is 3.25. The lowest BCUT2D eigenvalue weighted by atomic mass is 9.80. The first kappa shape index (κ1) is 15.9. The number of rotatable bonds is 7. The predicted molar refractivity (Wildman–Crippen MR) is 79.3 cm³/mol. The summed E-state index contributed by atoms with van der Waals surface area (Å²) in [5.74, 6) is 0.787. The molecular formula is C15H27N3O. The van der Waals surface area contributed by atoms with Crippen molar-refractivity contribution in [1.29, 1.82) is 0 Å². The van der Waals surface area contributed by atoms with Crippen molar-refractivity contribution in [1.82, 2.24) is 9.88 Å². The standard InChI is InChI=1S/C15H27N3O/c1-6-15(7-2,18(4)5)14(16)12-9-13(19-8-3)11-17-10-12/h9-11,14H,6-8,16H2,1-5H3. The number of nitrogens with zero attached hydrogens (tertiary/aromatic N) is 2. The van der Waals surface area contributed by atoms with Crippen molar-refractivity contribution in [3.8, 4) is 5.75 Å². The monoisotopic (exact) mass is 265 g/mol. The minimum absolute atomic E-state index is 0.0491.